The Bertz CT molecular complexity index is 527. The molecule has 0 aliphatic heterocycles. The largest absolute Gasteiger partial charge is 0.401 e. The first-order valence-corrected chi connectivity index (χ1v) is 10.5. The quantitative estimate of drug-likeness (QED) is 0.415. The van der Waals surface area contributed by atoms with Crippen LogP contribution < -0.4 is 5.73 Å². The van der Waals surface area contributed by atoms with Crippen molar-refractivity contribution in [1.82, 2.24) is 0 Å². The maximum Gasteiger partial charge on any atom is 0.0381 e. The third-order valence-electron chi connectivity index (χ3n) is 4.32. The minimum absolute atomic E-state index is 0.546. The molecular weight excluding hydrogens is 401 g/mol. The van der Waals surface area contributed by atoms with E-state index in [2.05, 4.69) is 60.4 Å². The molecule has 0 saturated heterocycles. The van der Waals surface area contributed by atoms with E-state index in [-0.39, 0.29) is 0 Å². The van der Waals surface area contributed by atoms with Crippen molar-refractivity contribution in [3.63, 3.8) is 0 Å². The van der Waals surface area contributed by atoms with Crippen molar-refractivity contribution in [2.75, 3.05) is 0 Å². The summed E-state index contributed by atoms with van der Waals surface area (Å²) in [5.74, 6) is 0.546. The predicted molar refractivity (Wildman–Crippen MR) is 109 cm³/mol. The van der Waals surface area contributed by atoms with Gasteiger partial charge in [0.1, 0.15) is 0 Å². The number of thioether (sulfide) groups is 1. The second-order valence-electron chi connectivity index (χ2n) is 5.94. The van der Waals surface area contributed by atoms with Crippen LogP contribution in [-0.2, 0) is 4.43 Å². The van der Waals surface area contributed by atoms with E-state index < -0.39 is 0 Å². The van der Waals surface area contributed by atoms with Gasteiger partial charge in [-0.15, -0.1) is 0 Å². The summed E-state index contributed by atoms with van der Waals surface area (Å²) in [5, 5.41) is 0. The molecule has 1 aromatic rings. The van der Waals surface area contributed by atoms with Crippen molar-refractivity contribution < 1.29 is 0 Å². The molecule has 1 aromatic carbocycles. The van der Waals surface area contributed by atoms with Crippen LogP contribution >= 0.6 is 34.4 Å². The lowest BCUT2D eigenvalue weighted by atomic mass is 9.86. The minimum Gasteiger partial charge on any atom is -0.401 e. The van der Waals surface area contributed by atoms with Gasteiger partial charge in [0.05, 0.1) is 0 Å². The van der Waals surface area contributed by atoms with E-state index >= 15 is 0 Å². The predicted octanol–water partition coefficient (Wildman–Crippen LogP) is 6.49. The molecule has 1 nitrogen and oxygen atoms in total. The Morgan fingerprint density at radius 2 is 1.86 bits per heavy atom. The van der Waals surface area contributed by atoms with E-state index in [0.717, 1.165) is 16.5 Å². The van der Waals surface area contributed by atoms with E-state index in [0.29, 0.717) is 5.92 Å². The summed E-state index contributed by atoms with van der Waals surface area (Å²) in [6.07, 6.45) is 7.44. The average Bonchev–Trinajstić information content (AvgIpc) is 2.59. The molecule has 0 aromatic heterocycles. The monoisotopic (exact) mass is 427 g/mol. The number of alkyl halides is 1. The summed E-state index contributed by atoms with van der Waals surface area (Å²) in [4.78, 5) is 2.42. The van der Waals surface area contributed by atoms with Crippen LogP contribution in [0.25, 0.3) is 4.91 Å². The lowest BCUT2D eigenvalue weighted by Crippen LogP contribution is -2.16. The Kier molecular flexibility index (Phi) is 7.35. The third kappa shape index (κ3) is 4.79. The molecule has 0 bridgehead atoms. The maximum absolute atomic E-state index is 6.61. The van der Waals surface area contributed by atoms with Gasteiger partial charge in [-0.3, -0.25) is 0 Å². The highest BCUT2D eigenvalue weighted by Crippen LogP contribution is 2.40. The van der Waals surface area contributed by atoms with Gasteiger partial charge in [0.15, 0.2) is 0 Å². The minimum atomic E-state index is 0.546. The van der Waals surface area contributed by atoms with Gasteiger partial charge in [0.2, 0.25) is 0 Å². The standard InChI is InChI=1S/C19H26INS/c1-3-14(2)22-19(17-11-9-15(13-20)10-12-17)18(21)16-7-5-4-6-8-16/h9-12,16H,2-8,13,21H2,1H3/b19-18-. The van der Waals surface area contributed by atoms with Gasteiger partial charge < -0.3 is 5.73 Å². The van der Waals surface area contributed by atoms with E-state index in [1.165, 1.54) is 53.0 Å². The second kappa shape index (κ2) is 9.02. The van der Waals surface area contributed by atoms with Crippen molar-refractivity contribution in [2.24, 2.45) is 11.7 Å². The molecule has 3 heteroatoms. The molecule has 22 heavy (non-hydrogen) atoms. The molecule has 1 fully saturated rings. The molecule has 0 unspecified atom stereocenters. The van der Waals surface area contributed by atoms with Gasteiger partial charge in [0, 0.05) is 15.0 Å². The van der Waals surface area contributed by atoms with E-state index in [4.69, 9.17) is 5.73 Å². The van der Waals surface area contributed by atoms with E-state index in [1.807, 2.05) is 0 Å². The number of halogens is 1. The molecule has 0 heterocycles. The molecule has 120 valence electrons. The van der Waals surface area contributed by atoms with Crippen molar-refractivity contribution in [2.45, 2.75) is 49.9 Å². The normalized spacial score (nSPS) is 17.2. The molecule has 1 aliphatic carbocycles. The van der Waals surface area contributed by atoms with Gasteiger partial charge in [-0.05, 0) is 41.2 Å². The fourth-order valence-corrected chi connectivity index (χ4v) is 4.33. The first-order chi connectivity index (χ1) is 10.7. The summed E-state index contributed by atoms with van der Waals surface area (Å²) in [5.41, 5.74) is 10.3. The molecule has 2 rings (SSSR count). The smallest absolute Gasteiger partial charge is 0.0381 e. The van der Waals surface area contributed by atoms with Crippen LogP contribution in [0, 0.1) is 5.92 Å². The Labute approximate surface area is 153 Å². The summed E-state index contributed by atoms with van der Waals surface area (Å²) >= 11 is 4.17. The Morgan fingerprint density at radius 3 is 2.41 bits per heavy atom. The lowest BCUT2D eigenvalue weighted by molar-refractivity contribution is 0.402. The third-order valence-corrected chi connectivity index (χ3v) is 6.45. The van der Waals surface area contributed by atoms with Crippen molar-refractivity contribution in [3.8, 4) is 0 Å². The van der Waals surface area contributed by atoms with Gasteiger partial charge in [-0.25, -0.2) is 0 Å². The zero-order valence-corrected chi connectivity index (χ0v) is 16.4. The number of rotatable bonds is 6. The summed E-state index contributed by atoms with van der Waals surface area (Å²) in [6, 6.07) is 8.86. The highest BCUT2D eigenvalue weighted by atomic mass is 127. The van der Waals surface area contributed by atoms with Crippen LogP contribution in [0.4, 0.5) is 0 Å². The highest BCUT2D eigenvalue weighted by Gasteiger charge is 2.20. The summed E-state index contributed by atoms with van der Waals surface area (Å²) in [6.45, 7) is 6.33. The van der Waals surface area contributed by atoms with Crippen LogP contribution in [0.5, 0.6) is 0 Å². The van der Waals surface area contributed by atoms with Crippen LogP contribution in [0.2, 0.25) is 0 Å². The second-order valence-corrected chi connectivity index (χ2v) is 7.90. The fraction of sp³-hybridized carbons (Fsp3) is 0.474. The van der Waals surface area contributed by atoms with Gasteiger partial charge >= 0.3 is 0 Å². The number of hydrogen-bond donors (Lipinski definition) is 1. The van der Waals surface area contributed by atoms with Crippen molar-refractivity contribution in [1.29, 1.82) is 0 Å². The molecule has 0 spiro atoms. The van der Waals surface area contributed by atoms with Crippen LogP contribution in [-0.4, -0.2) is 0 Å². The topological polar surface area (TPSA) is 26.0 Å². The lowest BCUT2D eigenvalue weighted by Gasteiger charge is -2.25. The number of benzene rings is 1. The average molecular weight is 427 g/mol. The number of nitrogens with two attached hydrogens (primary N) is 1. The molecular formula is C19H26INS. The Hall–Kier alpha value is -0.420. The zero-order chi connectivity index (χ0) is 15.9. The maximum atomic E-state index is 6.61. The summed E-state index contributed by atoms with van der Waals surface area (Å²) in [7, 11) is 0. The van der Waals surface area contributed by atoms with Gasteiger partial charge in [-0.2, -0.15) is 0 Å². The SMILES string of the molecule is C=C(CC)S/C(=C(\N)C1CCCCC1)c1ccc(CI)cc1. The van der Waals surface area contributed by atoms with E-state index in [1.54, 1.807) is 11.8 Å². The van der Waals surface area contributed by atoms with Crippen molar-refractivity contribution >= 4 is 39.3 Å². The van der Waals surface area contributed by atoms with Gasteiger partial charge in [-0.1, -0.05) is 91.4 Å². The van der Waals surface area contributed by atoms with E-state index in [9.17, 15) is 0 Å². The summed E-state index contributed by atoms with van der Waals surface area (Å²) < 4.78 is 1.05. The zero-order valence-electron chi connectivity index (χ0n) is 13.4. The number of allylic oxidation sites excluding steroid dienone is 2. The molecule has 0 radical (unpaired) electrons. The Morgan fingerprint density at radius 1 is 1.23 bits per heavy atom. The first-order valence-electron chi connectivity index (χ1n) is 8.16. The van der Waals surface area contributed by atoms with Crippen LogP contribution in [0.1, 0.15) is 56.6 Å². The molecule has 1 saturated carbocycles. The first kappa shape index (κ1) is 17.9. The Balaban J connectivity index is 2.33. The molecule has 2 N–H and O–H groups in total. The van der Waals surface area contributed by atoms with Crippen LogP contribution in [0.15, 0.2) is 41.4 Å². The fourth-order valence-electron chi connectivity index (χ4n) is 2.85. The number of hydrogen-bond acceptors (Lipinski definition) is 2. The highest BCUT2D eigenvalue weighted by molar-refractivity contribution is 14.1. The molecule has 1 aliphatic rings. The van der Waals surface area contributed by atoms with Crippen molar-refractivity contribution in [3.05, 3.63) is 52.6 Å². The molecule has 0 amide bonds. The van der Waals surface area contributed by atoms with Crippen LogP contribution in [0.3, 0.4) is 0 Å². The molecule has 0 atom stereocenters. The van der Waals surface area contributed by atoms with Gasteiger partial charge in [0.25, 0.3) is 0 Å².